The molecule has 9 heteroatoms. The Morgan fingerprint density at radius 2 is 1.87 bits per heavy atom. The van der Waals surface area contributed by atoms with Crippen molar-refractivity contribution in [3.05, 3.63) is 59.1 Å². The van der Waals surface area contributed by atoms with Crippen LogP contribution in [0.15, 0.2) is 53.5 Å². The lowest BCUT2D eigenvalue weighted by molar-refractivity contribution is -0.113. The van der Waals surface area contributed by atoms with E-state index in [1.165, 1.54) is 11.8 Å². The van der Waals surface area contributed by atoms with Gasteiger partial charge in [0, 0.05) is 53.9 Å². The molecule has 2 aliphatic heterocycles. The molecule has 2 amide bonds. The summed E-state index contributed by atoms with van der Waals surface area (Å²) in [5.74, 6) is 1.37. The second-order valence-electron chi connectivity index (χ2n) is 7.17. The number of anilines is 2. The number of aliphatic imine (C=N–C) groups is 1. The van der Waals surface area contributed by atoms with Crippen molar-refractivity contribution in [1.29, 1.82) is 0 Å². The summed E-state index contributed by atoms with van der Waals surface area (Å²) in [7, 11) is 0. The van der Waals surface area contributed by atoms with Crippen LogP contribution in [0.1, 0.15) is 10.4 Å². The Kier molecular flexibility index (Phi) is 7.42. The highest BCUT2D eigenvalue weighted by atomic mass is 35.5. The number of amides is 2. The molecule has 0 aliphatic carbocycles. The van der Waals surface area contributed by atoms with Crippen molar-refractivity contribution in [2.24, 2.45) is 4.99 Å². The van der Waals surface area contributed by atoms with Crippen LogP contribution in [0.4, 0.5) is 11.4 Å². The van der Waals surface area contributed by atoms with Crippen LogP contribution < -0.4 is 10.2 Å². The Hall–Kier alpha value is -2.16. The van der Waals surface area contributed by atoms with Crippen LogP contribution in [0.3, 0.4) is 0 Å². The van der Waals surface area contributed by atoms with Gasteiger partial charge < -0.3 is 15.1 Å². The van der Waals surface area contributed by atoms with Crippen molar-refractivity contribution >= 4 is 62.7 Å². The third-order valence-corrected chi connectivity index (χ3v) is 7.53. The molecule has 0 aromatic heterocycles. The lowest BCUT2D eigenvalue weighted by Crippen LogP contribution is -2.48. The van der Waals surface area contributed by atoms with E-state index in [2.05, 4.69) is 15.2 Å². The molecule has 0 bridgehead atoms. The maximum absolute atomic E-state index is 12.7. The average molecular weight is 475 g/mol. The van der Waals surface area contributed by atoms with E-state index < -0.39 is 0 Å². The molecule has 31 heavy (non-hydrogen) atoms. The Bertz CT molecular complexity index is 976. The number of hydrogen-bond acceptors (Lipinski definition) is 6. The highest BCUT2D eigenvalue weighted by molar-refractivity contribution is 8.39. The van der Waals surface area contributed by atoms with Crippen molar-refractivity contribution in [3.8, 4) is 0 Å². The summed E-state index contributed by atoms with van der Waals surface area (Å²) >= 11 is 9.21. The van der Waals surface area contributed by atoms with E-state index >= 15 is 0 Å². The predicted octanol–water partition coefficient (Wildman–Crippen LogP) is 4.08. The van der Waals surface area contributed by atoms with Gasteiger partial charge in [0.15, 0.2) is 0 Å². The summed E-state index contributed by atoms with van der Waals surface area (Å²) in [4.78, 5) is 33.3. The van der Waals surface area contributed by atoms with Gasteiger partial charge in [-0.3, -0.25) is 14.6 Å². The molecule has 162 valence electrons. The first-order valence-electron chi connectivity index (χ1n) is 10.1. The quantitative estimate of drug-likeness (QED) is 0.707. The molecule has 0 unspecified atom stereocenters. The molecular formula is C22H23ClN4O2S2. The van der Waals surface area contributed by atoms with E-state index in [-0.39, 0.29) is 11.8 Å². The normalized spacial score (nSPS) is 16.2. The van der Waals surface area contributed by atoms with Gasteiger partial charge >= 0.3 is 0 Å². The number of hydrogen-bond donors (Lipinski definition) is 1. The second kappa shape index (κ2) is 10.4. The zero-order valence-electron chi connectivity index (χ0n) is 16.9. The van der Waals surface area contributed by atoms with Crippen LogP contribution in [0.2, 0.25) is 5.02 Å². The highest BCUT2D eigenvalue weighted by Crippen LogP contribution is 2.23. The Morgan fingerprint density at radius 3 is 2.55 bits per heavy atom. The first-order chi connectivity index (χ1) is 15.1. The van der Waals surface area contributed by atoms with Gasteiger partial charge in [0.2, 0.25) is 5.91 Å². The fourth-order valence-corrected chi connectivity index (χ4v) is 5.45. The van der Waals surface area contributed by atoms with Crippen molar-refractivity contribution < 1.29 is 9.59 Å². The van der Waals surface area contributed by atoms with Crippen LogP contribution in [-0.4, -0.2) is 65.3 Å². The van der Waals surface area contributed by atoms with Gasteiger partial charge in [-0.25, -0.2) is 0 Å². The summed E-state index contributed by atoms with van der Waals surface area (Å²) in [6.45, 7) is 3.67. The fraction of sp³-hybridized carbons (Fsp3) is 0.318. The Morgan fingerprint density at radius 1 is 1.10 bits per heavy atom. The van der Waals surface area contributed by atoms with E-state index in [0.717, 1.165) is 41.1 Å². The fourth-order valence-electron chi connectivity index (χ4n) is 3.45. The minimum atomic E-state index is -0.0268. The van der Waals surface area contributed by atoms with Crippen LogP contribution in [-0.2, 0) is 4.79 Å². The van der Waals surface area contributed by atoms with Gasteiger partial charge in [-0.15, -0.1) is 0 Å². The van der Waals surface area contributed by atoms with Crippen molar-refractivity contribution in [1.82, 2.24) is 4.90 Å². The molecule has 0 saturated carbocycles. The van der Waals surface area contributed by atoms with E-state index in [0.29, 0.717) is 29.4 Å². The topological polar surface area (TPSA) is 65.0 Å². The van der Waals surface area contributed by atoms with E-state index in [1.54, 1.807) is 36.0 Å². The van der Waals surface area contributed by atoms with E-state index in [9.17, 15) is 9.59 Å². The molecule has 2 aliphatic rings. The highest BCUT2D eigenvalue weighted by Gasteiger charge is 2.22. The average Bonchev–Trinajstić information content (AvgIpc) is 3.32. The van der Waals surface area contributed by atoms with Gasteiger partial charge in [0.1, 0.15) is 4.38 Å². The molecule has 1 fully saturated rings. The first kappa shape index (κ1) is 22.0. The van der Waals surface area contributed by atoms with Crippen LogP contribution in [0, 0.1) is 0 Å². The molecule has 4 rings (SSSR count). The standard InChI is InChI=1S/C22H23ClN4O2S2/c23-17-3-1-2-16(14-17)21(29)27-11-9-26(10-12-27)19-6-4-18(5-7-19)25-20(28)15-31-22-24-8-13-30-22/h1-7,14H,8-13,15H2,(H,25,28). The number of rotatable bonds is 5. The first-order valence-corrected chi connectivity index (χ1v) is 12.4. The number of halogens is 1. The predicted molar refractivity (Wildman–Crippen MR) is 132 cm³/mol. The lowest BCUT2D eigenvalue weighted by Gasteiger charge is -2.36. The van der Waals surface area contributed by atoms with Crippen LogP contribution in [0.25, 0.3) is 0 Å². The smallest absolute Gasteiger partial charge is 0.254 e. The minimum absolute atomic E-state index is 0.0139. The molecule has 6 nitrogen and oxygen atoms in total. The Balaban J connectivity index is 1.26. The van der Waals surface area contributed by atoms with Gasteiger partial charge in [-0.2, -0.15) is 0 Å². The number of carbonyl (C=O) groups excluding carboxylic acids is 2. The van der Waals surface area contributed by atoms with Gasteiger partial charge in [-0.05, 0) is 42.5 Å². The van der Waals surface area contributed by atoms with Crippen molar-refractivity contribution in [3.63, 3.8) is 0 Å². The molecule has 2 aromatic carbocycles. The van der Waals surface area contributed by atoms with E-state index in [4.69, 9.17) is 11.6 Å². The summed E-state index contributed by atoms with van der Waals surface area (Å²) in [6.07, 6.45) is 0. The summed E-state index contributed by atoms with van der Waals surface area (Å²) in [6, 6.07) is 14.9. The van der Waals surface area contributed by atoms with Crippen molar-refractivity contribution in [2.45, 2.75) is 0 Å². The van der Waals surface area contributed by atoms with Crippen LogP contribution in [0.5, 0.6) is 0 Å². The molecule has 0 atom stereocenters. The minimum Gasteiger partial charge on any atom is -0.368 e. The molecule has 0 radical (unpaired) electrons. The number of carbonyl (C=O) groups is 2. The maximum Gasteiger partial charge on any atom is 0.254 e. The molecule has 2 heterocycles. The SMILES string of the molecule is O=C(CSC1=NCCS1)Nc1ccc(N2CCN(C(=O)c3cccc(Cl)c3)CC2)cc1. The number of benzene rings is 2. The van der Waals surface area contributed by atoms with Crippen LogP contribution >= 0.6 is 35.1 Å². The summed E-state index contributed by atoms with van der Waals surface area (Å²) in [5, 5.41) is 3.51. The van der Waals surface area contributed by atoms with Gasteiger partial charge in [0.05, 0.1) is 12.3 Å². The summed E-state index contributed by atoms with van der Waals surface area (Å²) in [5.41, 5.74) is 2.49. The second-order valence-corrected chi connectivity index (χ2v) is 9.91. The van der Waals surface area contributed by atoms with Crippen molar-refractivity contribution in [2.75, 3.05) is 54.4 Å². The molecule has 1 N–H and O–H groups in total. The third kappa shape index (κ3) is 5.96. The molecule has 1 saturated heterocycles. The zero-order valence-corrected chi connectivity index (χ0v) is 19.3. The summed E-state index contributed by atoms with van der Waals surface area (Å²) < 4.78 is 0.999. The molecule has 0 spiro atoms. The monoisotopic (exact) mass is 474 g/mol. The molecular weight excluding hydrogens is 452 g/mol. The third-order valence-electron chi connectivity index (χ3n) is 5.04. The zero-order chi connectivity index (χ0) is 21.6. The number of nitrogens with zero attached hydrogens (tertiary/aromatic N) is 3. The van der Waals surface area contributed by atoms with E-state index in [1.807, 2.05) is 29.2 Å². The number of thioether (sulfide) groups is 2. The van der Waals surface area contributed by atoms with Gasteiger partial charge in [0.25, 0.3) is 5.91 Å². The lowest BCUT2D eigenvalue weighted by atomic mass is 10.1. The Labute approximate surface area is 195 Å². The molecule has 2 aromatic rings. The number of piperazine rings is 1. The van der Waals surface area contributed by atoms with Gasteiger partial charge in [-0.1, -0.05) is 41.2 Å². The largest absolute Gasteiger partial charge is 0.368 e. The number of nitrogens with one attached hydrogen (secondary N) is 1. The maximum atomic E-state index is 12.7.